The van der Waals surface area contributed by atoms with Crippen LogP contribution in [0.2, 0.25) is 0 Å². The van der Waals surface area contributed by atoms with E-state index in [-0.39, 0.29) is 17.5 Å². The van der Waals surface area contributed by atoms with E-state index in [1.807, 2.05) is 11.9 Å². The van der Waals surface area contributed by atoms with Crippen LogP contribution in [0.4, 0.5) is 4.79 Å². The molecule has 5 rings (SSSR count). The first-order valence-electron chi connectivity index (χ1n) is 10.5. The number of nitrogens with zero attached hydrogens (tertiary/aromatic N) is 1. The molecule has 26 heavy (non-hydrogen) atoms. The Morgan fingerprint density at radius 3 is 2.35 bits per heavy atom. The molecule has 5 aliphatic rings. The lowest BCUT2D eigenvalue weighted by Gasteiger charge is -2.56. The molecule has 1 saturated heterocycles. The van der Waals surface area contributed by atoms with Crippen molar-refractivity contribution in [2.45, 2.75) is 56.9 Å². The predicted octanol–water partition coefficient (Wildman–Crippen LogP) is 1.71. The van der Waals surface area contributed by atoms with Gasteiger partial charge in [0.15, 0.2) is 0 Å². The molecule has 6 nitrogen and oxygen atoms in total. The fraction of sp³-hybridized carbons (Fsp3) is 0.900. The Morgan fingerprint density at radius 2 is 1.73 bits per heavy atom. The Balaban J connectivity index is 1.19. The summed E-state index contributed by atoms with van der Waals surface area (Å²) in [5.74, 6) is 3.20. The molecule has 146 valence electrons. The molecule has 4 aliphatic carbocycles. The highest BCUT2D eigenvalue weighted by molar-refractivity contribution is 5.78. The van der Waals surface area contributed by atoms with Gasteiger partial charge < -0.3 is 20.9 Å². The van der Waals surface area contributed by atoms with Crippen molar-refractivity contribution in [2.75, 3.05) is 33.2 Å². The molecule has 0 aromatic carbocycles. The van der Waals surface area contributed by atoms with Gasteiger partial charge in [-0.15, -0.1) is 0 Å². The van der Waals surface area contributed by atoms with Crippen LogP contribution in [0.3, 0.4) is 0 Å². The number of nitrogens with one attached hydrogen (secondary N) is 3. The maximum atomic E-state index is 12.4. The van der Waals surface area contributed by atoms with Crippen molar-refractivity contribution in [1.82, 2.24) is 20.9 Å². The number of amides is 3. The fourth-order valence-corrected chi connectivity index (χ4v) is 6.50. The SMILES string of the molecule is CNCC1CCN(C(=O)CCNC(=O)NC23CC4CC(CC(C4)C2)C3)C1. The maximum Gasteiger partial charge on any atom is 0.315 e. The van der Waals surface area contributed by atoms with Gasteiger partial charge in [0, 0.05) is 31.6 Å². The van der Waals surface area contributed by atoms with Crippen LogP contribution in [0.1, 0.15) is 51.4 Å². The van der Waals surface area contributed by atoms with Crippen LogP contribution < -0.4 is 16.0 Å². The summed E-state index contributed by atoms with van der Waals surface area (Å²) in [6.07, 6.45) is 9.08. The van der Waals surface area contributed by atoms with Crippen LogP contribution in [0.25, 0.3) is 0 Å². The van der Waals surface area contributed by atoms with Gasteiger partial charge in [-0.25, -0.2) is 4.79 Å². The average molecular weight is 363 g/mol. The van der Waals surface area contributed by atoms with E-state index in [1.54, 1.807) is 0 Å². The second-order valence-electron chi connectivity index (χ2n) is 9.38. The molecule has 4 saturated carbocycles. The molecule has 1 atom stereocenters. The predicted molar refractivity (Wildman–Crippen MR) is 101 cm³/mol. The highest BCUT2D eigenvalue weighted by atomic mass is 16.2. The van der Waals surface area contributed by atoms with E-state index < -0.39 is 0 Å². The lowest BCUT2D eigenvalue weighted by atomic mass is 9.53. The van der Waals surface area contributed by atoms with Gasteiger partial charge in [-0.1, -0.05) is 0 Å². The minimum absolute atomic E-state index is 0.0398. The number of likely N-dealkylation sites (tertiary alicyclic amines) is 1. The van der Waals surface area contributed by atoms with Gasteiger partial charge in [0.1, 0.15) is 0 Å². The third-order valence-electron chi connectivity index (χ3n) is 7.17. The lowest BCUT2D eigenvalue weighted by Crippen LogP contribution is -2.61. The van der Waals surface area contributed by atoms with Crippen molar-refractivity contribution in [3.8, 4) is 0 Å². The molecule has 1 heterocycles. The standard InChI is InChI=1S/C20H34N4O2/c1-21-12-14-3-5-24(13-14)18(25)2-4-22-19(26)23-20-9-15-6-16(10-20)8-17(7-15)11-20/h14-17,21H,2-13H2,1H3,(H2,22,23,26). The summed E-state index contributed by atoms with van der Waals surface area (Å²) in [5.41, 5.74) is 0.0398. The summed E-state index contributed by atoms with van der Waals surface area (Å²) in [7, 11) is 1.96. The highest BCUT2D eigenvalue weighted by Gasteiger charge is 2.51. The Labute approximate surface area is 156 Å². The molecule has 1 unspecified atom stereocenters. The van der Waals surface area contributed by atoms with Crippen molar-refractivity contribution >= 4 is 11.9 Å². The monoisotopic (exact) mass is 362 g/mol. The minimum atomic E-state index is -0.0748. The Kier molecular flexibility index (Phi) is 5.13. The van der Waals surface area contributed by atoms with Crippen LogP contribution in [0.5, 0.6) is 0 Å². The molecule has 0 aromatic rings. The van der Waals surface area contributed by atoms with E-state index in [0.717, 1.165) is 63.1 Å². The average Bonchev–Trinajstić information content (AvgIpc) is 3.02. The quantitative estimate of drug-likeness (QED) is 0.673. The molecule has 3 amide bonds. The summed E-state index contributed by atoms with van der Waals surface area (Å²) >= 11 is 0. The second-order valence-corrected chi connectivity index (χ2v) is 9.38. The van der Waals surface area contributed by atoms with Crippen molar-refractivity contribution in [2.24, 2.45) is 23.7 Å². The zero-order valence-electron chi connectivity index (χ0n) is 16.1. The first-order valence-corrected chi connectivity index (χ1v) is 10.5. The Hall–Kier alpha value is -1.30. The first kappa shape index (κ1) is 18.1. The van der Waals surface area contributed by atoms with E-state index in [2.05, 4.69) is 16.0 Å². The maximum absolute atomic E-state index is 12.4. The molecule has 4 bridgehead atoms. The van der Waals surface area contributed by atoms with Crippen molar-refractivity contribution < 1.29 is 9.59 Å². The summed E-state index contributed by atoms with van der Waals surface area (Å²) < 4.78 is 0. The van der Waals surface area contributed by atoms with Gasteiger partial charge in [-0.05, 0) is 82.2 Å². The zero-order valence-corrected chi connectivity index (χ0v) is 16.1. The molecule has 5 fully saturated rings. The Morgan fingerprint density at radius 1 is 1.08 bits per heavy atom. The van der Waals surface area contributed by atoms with Crippen LogP contribution >= 0.6 is 0 Å². The minimum Gasteiger partial charge on any atom is -0.342 e. The first-order chi connectivity index (χ1) is 12.5. The van der Waals surface area contributed by atoms with Gasteiger partial charge in [0.05, 0.1) is 0 Å². The van der Waals surface area contributed by atoms with E-state index in [1.165, 1.54) is 19.3 Å². The van der Waals surface area contributed by atoms with Crippen molar-refractivity contribution in [3.63, 3.8) is 0 Å². The highest BCUT2D eigenvalue weighted by Crippen LogP contribution is 2.55. The van der Waals surface area contributed by atoms with Crippen molar-refractivity contribution in [1.29, 1.82) is 0 Å². The van der Waals surface area contributed by atoms with Crippen LogP contribution in [0, 0.1) is 23.7 Å². The van der Waals surface area contributed by atoms with Gasteiger partial charge in [-0.2, -0.15) is 0 Å². The fourth-order valence-electron chi connectivity index (χ4n) is 6.50. The van der Waals surface area contributed by atoms with E-state index in [9.17, 15) is 9.59 Å². The van der Waals surface area contributed by atoms with Gasteiger partial charge in [0.2, 0.25) is 5.91 Å². The molecule has 0 aromatic heterocycles. The van der Waals surface area contributed by atoms with E-state index in [4.69, 9.17) is 0 Å². The van der Waals surface area contributed by atoms with Gasteiger partial charge in [0.25, 0.3) is 0 Å². The lowest BCUT2D eigenvalue weighted by molar-refractivity contribution is -0.130. The van der Waals surface area contributed by atoms with E-state index >= 15 is 0 Å². The molecule has 3 N–H and O–H groups in total. The van der Waals surface area contributed by atoms with Gasteiger partial charge >= 0.3 is 6.03 Å². The van der Waals surface area contributed by atoms with Crippen LogP contribution in [-0.4, -0.2) is 55.6 Å². The van der Waals surface area contributed by atoms with Crippen LogP contribution in [0.15, 0.2) is 0 Å². The number of rotatable bonds is 6. The van der Waals surface area contributed by atoms with Crippen molar-refractivity contribution in [3.05, 3.63) is 0 Å². The molecular weight excluding hydrogens is 328 g/mol. The summed E-state index contributed by atoms with van der Waals surface area (Å²) in [6, 6.07) is -0.0748. The molecule has 6 heteroatoms. The number of carbonyl (C=O) groups is 2. The Bertz CT molecular complexity index is 515. The topological polar surface area (TPSA) is 73.5 Å². The number of urea groups is 1. The third-order valence-corrected chi connectivity index (χ3v) is 7.17. The molecule has 1 aliphatic heterocycles. The van der Waals surface area contributed by atoms with Gasteiger partial charge in [-0.3, -0.25) is 4.79 Å². The second kappa shape index (κ2) is 7.37. The molecule has 0 radical (unpaired) electrons. The number of hydrogen-bond acceptors (Lipinski definition) is 3. The summed E-state index contributed by atoms with van der Waals surface area (Å²) in [6.45, 7) is 3.10. The largest absolute Gasteiger partial charge is 0.342 e. The molecular formula is C20H34N4O2. The smallest absolute Gasteiger partial charge is 0.315 e. The normalized spacial score (nSPS) is 37.8. The number of hydrogen-bond donors (Lipinski definition) is 3. The van der Waals surface area contributed by atoms with E-state index in [0.29, 0.717) is 18.9 Å². The summed E-state index contributed by atoms with van der Waals surface area (Å²) in [5, 5.41) is 9.43. The van der Waals surface area contributed by atoms with Crippen LogP contribution in [-0.2, 0) is 4.79 Å². The molecule has 0 spiro atoms. The third kappa shape index (κ3) is 3.85. The number of carbonyl (C=O) groups excluding carboxylic acids is 2. The summed E-state index contributed by atoms with van der Waals surface area (Å²) in [4.78, 5) is 26.7. The zero-order chi connectivity index (χ0) is 18.1.